The molecule has 1 saturated carbocycles. The van der Waals surface area contributed by atoms with Gasteiger partial charge in [-0.25, -0.2) is 0 Å². The van der Waals surface area contributed by atoms with Crippen molar-refractivity contribution in [3.05, 3.63) is 23.8 Å². The zero-order valence-electron chi connectivity index (χ0n) is 15.3. The standard InChI is InChI=1S/C19H30N2O2.2ClH/c1-22-17-12-16(13-18(14-17)23-2)19(15-6-4-3-5-7-15)21-10-8-20-9-11-21;;/h12-15,19-20H,3-11H2,1-2H3;2*1H/t19-;;/m1../s1. The highest BCUT2D eigenvalue weighted by molar-refractivity contribution is 5.85. The van der Waals surface area contributed by atoms with E-state index in [2.05, 4.69) is 22.3 Å². The van der Waals surface area contributed by atoms with E-state index < -0.39 is 0 Å². The molecule has 1 aliphatic heterocycles. The van der Waals surface area contributed by atoms with Gasteiger partial charge in [-0.15, -0.1) is 24.8 Å². The lowest BCUT2D eigenvalue weighted by molar-refractivity contribution is 0.103. The third-order valence-electron chi connectivity index (χ3n) is 5.36. The maximum atomic E-state index is 5.51. The minimum Gasteiger partial charge on any atom is -0.497 e. The number of halogens is 2. The zero-order chi connectivity index (χ0) is 16.1. The summed E-state index contributed by atoms with van der Waals surface area (Å²) in [5, 5.41) is 3.48. The fraction of sp³-hybridized carbons (Fsp3) is 0.684. The minimum absolute atomic E-state index is 0. The van der Waals surface area contributed by atoms with Crippen LogP contribution in [0.5, 0.6) is 11.5 Å². The predicted octanol–water partition coefficient (Wildman–Crippen LogP) is 4.07. The van der Waals surface area contributed by atoms with Gasteiger partial charge in [0.25, 0.3) is 0 Å². The van der Waals surface area contributed by atoms with E-state index in [-0.39, 0.29) is 24.8 Å². The summed E-state index contributed by atoms with van der Waals surface area (Å²) in [6.45, 7) is 4.43. The van der Waals surface area contributed by atoms with Crippen molar-refractivity contribution in [1.29, 1.82) is 0 Å². The second-order valence-corrected chi connectivity index (χ2v) is 6.77. The minimum atomic E-state index is 0. The average molecular weight is 391 g/mol. The van der Waals surface area contributed by atoms with E-state index in [1.807, 2.05) is 6.07 Å². The second kappa shape index (κ2) is 11.1. The molecule has 144 valence electrons. The van der Waals surface area contributed by atoms with Gasteiger partial charge in [0.05, 0.1) is 14.2 Å². The van der Waals surface area contributed by atoms with Gasteiger partial charge in [-0.2, -0.15) is 0 Å². The van der Waals surface area contributed by atoms with Crippen molar-refractivity contribution in [1.82, 2.24) is 10.2 Å². The molecule has 1 N–H and O–H groups in total. The lowest BCUT2D eigenvalue weighted by atomic mass is 9.80. The Labute approximate surface area is 164 Å². The van der Waals surface area contributed by atoms with Crippen LogP contribution in [0.3, 0.4) is 0 Å². The molecular formula is C19H32Cl2N2O2. The van der Waals surface area contributed by atoms with Gasteiger partial charge in [0.15, 0.2) is 0 Å². The van der Waals surface area contributed by atoms with Gasteiger partial charge >= 0.3 is 0 Å². The number of piperazine rings is 1. The van der Waals surface area contributed by atoms with Gasteiger partial charge < -0.3 is 14.8 Å². The maximum absolute atomic E-state index is 5.51. The molecule has 4 nitrogen and oxygen atoms in total. The number of nitrogens with one attached hydrogen (secondary N) is 1. The zero-order valence-corrected chi connectivity index (χ0v) is 17.0. The molecule has 1 saturated heterocycles. The molecule has 1 aromatic carbocycles. The van der Waals surface area contributed by atoms with Gasteiger partial charge in [0.1, 0.15) is 11.5 Å². The lowest BCUT2D eigenvalue weighted by Gasteiger charge is -2.41. The van der Waals surface area contributed by atoms with E-state index in [4.69, 9.17) is 9.47 Å². The molecule has 2 fully saturated rings. The first-order valence-electron chi connectivity index (χ1n) is 8.99. The molecule has 1 atom stereocenters. The molecule has 2 aliphatic rings. The summed E-state index contributed by atoms with van der Waals surface area (Å²) in [5.74, 6) is 2.55. The summed E-state index contributed by atoms with van der Waals surface area (Å²) >= 11 is 0. The van der Waals surface area contributed by atoms with Crippen LogP contribution in [-0.4, -0.2) is 45.3 Å². The highest BCUT2D eigenvalue weighted by Gasteiger charge is 2.31. The van der Waals surface area contributed by atoms with Gasteiger partial charge in [-0.3, -0.25) is 4.90 Å². The number of hydrogen-bond donors (Lipinski definition) is 1. The molecule has 25 heavy (non-hydrogen) atoms. The topological polar surface area (TPSA) is 33.7 Å². The Morgan fingerprint density at radius 1 is 0.920 bits per heavy atom. The number of nitrogens with zero attached hydrogens (tertiary/aromatic N) is 1. The van der Waals surface area contributed by atoms with Crippen molar-refractivity contribution in [3.8, 4) is 11.5 Å². The van der Waals surface area contributed by atoms with E-state index in [0.29, 0.717) is 6.04 Å². The fourth-order valence-electron chi connectivity index (χ4n) is 4.19. The van der Waals surface area contributed by atoms with E-state index in [0.717, 1.165) is 43.6 Å². The molecule has 1 aromatic rings. The van der Waals surface area contributed by atoms with Crippen molar-refractivity contribution in [2.45, 2.75) is 38.1 Å². The van der Waals surface area contributed by atoms with Crippen LogP contribution in [-0.2, 0) is 0 Å². The Morgan fingerprint density at radius 2 is 1.48 bits per heavy atom. The Hall–Kier alpha value is -0.680. The number of ether oxygens (including phenoxy) is 2. The first kappa shape index (κ1) is 22.4. The summed E-state index contributed by atoms with van der Waals surface area (Å²) < 4.78 is 11.0. The van der Waals surface area contributed by atoms with Crippen molar-refractivity contribution in [2.75, 3.05) is 40.4 Å². The molecular weight excluding hydrogens is 359 g/mol. The first-order valence-corrected chi connectivity index (χ1v) is 8.99. The summed E-state index contributed by atoms with van der Waals surface area (Å²) in [7, 11) is 3.47. The third kappa shape index (κ3) is 5.65. The molecule has 3 rings (SSSR count). The Bertz CT molecular complexity index is 464. The molecule has 6 heteroatoms. The number of rotatable bonds is 5. The molecule has 1 aliphatic carbocycles. The van der Waals surface area contributed by atoms with Crippen molar-refractivity contribution in [2.24, 2.45) is 5.92 Å². The van der Waals surface area contributed by atoms with Crippen LogP contribution >= 0.6 is 24.8 Å². The number of methoxy groups -OCH3 is 2. The second-order valence-electron chi connectivity index (χ2n) is 6.77. The van der Waals surface area contributed by atoms with Gasteiger partial charge in [0.2, 0.25) is 0 Å². The monoisotopic (exact) mass is 390 g/mol. The van der Waals surface area contributed by atoms with Crippen molar-refractivity contribution >= 4 is 24.8 Å². The molecule has 0 spiro atoms. The summed E-state index contributed by atoms with van der Waals surface area (Å²) in [5.41, 5.74) is 1.36. The smallest absolute Gasteiger partial charge is 0.122 e. The van der Waals surface area contributed by atoms with E-state index in [1.165, 1.54) is 37.7 Å². The van der Waals surface area contributed by atoms with Crippen LogP contribution in [0, 0.1) is 5.92 Å². The van der Waals surface area contributed by atoms with E-state index in [9.17, 15) is 0 Å². The van der Waals surface area contributed by atoms with Crippen LogP contribution in [0.15, 0.2) is 18.2 Å². The van der Waals surface area contributed by atoms with Crippen LogP contribution in [0.4, 0.5) is 0 Å². The van der Waals surface area contributed by atoms with Crippen LogP contribution < -0.4 is 14.8 Å². The molecule has 0 radical (unpaired) electrons. The number of benzene rings is 1. The Balaban J connectivity index is 0.00000156. The normalized spacial score (nSPS) is 20.1. The molecule has 0 aromatic heterocycles. The predicted molar refractivity (Wildman–Crippen MR) is 108 cm³/mol. The number of hydrogen-bond acceptors (Lipinski definition) is 4. The highest BCUT2D eigenvalue weighted by atomic mass is 35.5. The summed E-state index contributed by atoms with van der Waals surface area (Å²) in [4.78, 5) is 2.67. The fourth-order valence-corrected chi connectivity index (χ4v) is 4.19. The van der Waals surface area contributed by atoms with Crippen LogP contribution in [0.25, 0.3) is 0 Å². The third-order valence-corrected chi connectivity index (χ3v) is 5.36. The van der Waals surface area contributed by atoms with Gasteiger partial charge in [-0.05, 0) is 36.5 Å². The largest absolute Gasteiger partial charge is 0.497 e. The van der Waals surface area contributed by atoms with Crippen molar-refractivity contribution < 1.29 is 9.47 Å². The molecule has 1 heterocycles. The van der Waals surface area contributed by atoms with Gasteiger partial charge in [0, 0.05) is 38.3 Å². The highest BCUT2D eigenvalue weighted by Crippen LogP contribution is 2.40. The van der Waals surface area contributed by atoms with E-state index >= 15 is 0 Å². The Kier molecular flexibility index (Phi) is 9.95. The van der Waals surface area contributed by atoms with Gasteiger partial charge in [-0.1, -0.05) is 19.3 Å². The summed E-state index contributed by atoms with van der Waals surface area (Å²) in [6.07, 6.45) is 6.82. The van der Waals surface area contributed by atoms with E-state index in [1.54, 1.807) is 14.2 Å². The van der Waals surface area contributed by atoms with Crippen LogP contribution in [0.2, 0.25) is 0 Å². The maximum Gasteiger partial charge on any atom is 0.122 e. The lowest BCUT2D eigenvalue weighted by Crippen LogP contribution is -2.47. The quantitative estimate of drug-likeness (QED) is 0.820. The van der Waals surface area contributed by atoms with Crippen LogP contribution in [0.1, 0.15) is 43.7 Å². The average Bonchev–Trinajstić information content (AvgIpc) is 2.63. The SMILES string of the molecule is COc1cc(OC)cc([C@@H](C2CCCCC2)N2CCNCC2)c1.Cl.Cl. The Morgan fingerprint density at radius 3 is 2.00 bits per heavy atom. The van der Waals surface area contributed by atoms with Crippen molar-refractivity contribution in [3.63, 3.8) is 0 Å². The molecule has 0 unspecified atom stereocenters. The molecule has 0 amide bonds. The first-order chi connectivity index (χ1) is 11.3. The summed E-state index contributed by atoms with van der Waals surface area (Å²) in [6, 6.07) is 6.88. The molecule has 0 bridgehead atoms.